The average molecular weight is 229 g/mol. The van der Waals surface area contributed by atoms with Gasteiger partial charge in [0.15, 0.2) is 0 Å². The van der Waals surface area contributed by atoms with E-state index in [1.54, 1.807) is 20.8 Å². The molecule has 0 spiro atoms. The molecule has 1 fully saturated rings. The molecule has 0 aromatic rings. The Bertz CT molecular complexity index is 295. The predicted molar refractivity (Wildman–Crippen MR) is 58.1 cm³/mol. The first-order chi connectivity index (χ1) is 7.22. The fourth-order valence-corrected chi connectivity index (χ4v) is 1.85. The van der Waals surface area contributed by atoms with E-state index < -0.39 is 23.7 Å². The van der Waals surface area contributed by atoms with Crippen molar-refractivity contribution in [2.75, 3.05) is 6.54 Å². The third kappa shape index (κ3) is 2.87. The number of likely N-dealkylation sites (tertiary alicyclic amines) is 1. The van der Waals surface area contributed by atoms with Gasteiger partial charge in [0.1, 0.15) is 11.6 Å². The molecule has 1 rings (SSSR count). The molecule has 0 radical (unpaired) electrons. The molecule has 1 N–H and O–H groups in total. The van der Waals surface area contributed by atoms with Crippen molar-refractivity contribution in [1.29, 1.82) is 0 Å². The lowest BCUT2D eigenvalue weighted by atomic mass is 10.0. The van der Waals surface area contributed by atoms with Gasteiger partial charge in [0.25, 0.3) is 0 Å². The fraction of sp³-hybridized carbons (Fsp3) is 0.818. The molecule has 1 heterocycles. The number of aliphatic carboxylic acids is 1. The van der Waals surface area contributed by atoms with E-state index in [9.17, 15) is 9.59 Å². The molecule has 1 saturated heterocycles. The molecule has 5 heteroatoms. The number of carbonyl (C=O) groups excluding carboxylic acids is 1. The monoisotopic (exact) mass is 229 g/mol. The lowest BCUT2D eigenvalue weighted by Crippen LogP contribution is -2.45. The first-order valence-electron chi connectivity index (χ1n) is 5.45. The van der Waals surface area contributed by atoms with Crippen molar-refractivity contribution in [1.82, 2.24) is 4.90 Å². The Morgan fingerprint density at radius 2 is 1.94 bits per heavy atom. The van der Waals surface area contributed by atoms with Gasteiger partial charge in [0.2, 0.25) is 0 Å². The summed E-state index contributed by atoms with van der Waals surface area (Å²) < 4.78 is 5.17. The molecule has 0 aromatic carbocycles. The van der Waals surface area contributed by atoms with Crippen LogP contribution in [0.3, 0.4) is 0 Å². The minimum atomic E-state index is -0.962. The van der Waals surface area contributed by atoms with Gasteiger partial charge in [-0.15, -0.1) is 0 Å². The maximum Gasteiger partial charge on any atom is 0.411 e. The Morgan fingerprint density at radius 3 is 2.38 bits per heavy atom. The van der Waals surface area contributed by atoms with E-state index in [0.29, 0.717) is 13.0 Å². The van der Waals surface area contributed by atoms with Crippen LogP contribution in [0.5, 0.6) is 0 Å². The van der Waals surface area contributed by atoms with E-state index in [0.717, 1.165) is 0 Å². The molecule has 1 aliphatic heterocycles. The number of ether oxygens (including phenoxy) is 1. The van der Waals surface area contributed by atoms with Crippen molar-refractivity contribution in [3.8, 4) is 0 Å². The maximum atomic E-state index is 11.8. The second-order valence-corrected chi connectivity index (χ2v) is 5.22. The zero-order chi connectivity index (χ0) is 12.5. The summed E-state index contributed by atoms with van der Waals surface area (Å²) in [5.74, 6) is -0.985. The Morgan fingerprint density at radius 1 is 1.38 bits per heavy atom. The van der Waals surface area contributed by atoms with Crippen LogP contribution in [-0.4, -0.2) is 40.3 Å². The van der Waals surface area contributed by atoms with Gasteiger partial charge in [-0.25, -0.2) is 9.59 Å². The molecular formula is C11H19NO4. The van der Waals surface area contributed by atoms with Gasteiger partial charge in [-0.05, 0) is 33.1 Å². The second-order valence-electron chi connectivity index (χ2n) is 5.22. The summed E-state index contributed by atoms with van der Waals surface area (Å²) in [6, 6.07) is -0.755. The normalized spacial score (nSPS) is 25.6. The summed E-state index contributed by atoms with van der Waals surface area (Å²) in [7, 11) is 0. The zero-order valence-electron chi connectivity index (χ0n) is 10.2. The van der Waals surface area contributed by atoms with E-state index in [4.69, 9.17) is 9.84 Å². The van der Waals surface area contributed by atoms with Crippen LogP contribution in [0.2, 0.25) is 0 Å². The zero-order valence-corrected chi connectivity index (χ0v) is 10.2. The van der Waals surface area contributed by atoms with Crippen LogP contribution in [-0.2, 0) is 9.53 Å². The highest BCUT2D eigenvalue weighted by molar-refractivity contribution is 5.81. The predicted octanol–water partition coefficient (Wildman–Crippen LogP) is 1.72. The molecule has 0 unspecified atom stereocenters. The van der Waals surface area contributed by atoms with Gasteiger partial charge in [-0.3, -0.25) is 4.90 Å². The van der Waals surface area contributed by atoms with Crippen LogP contribution in [0, 0.1) is 5.92 Å². The van der Waals surface area contributed by atoms with Crippen molar-refractivity contribution in [2.45, 2.75) is 45.8 Å². The molecule has 0 aromatic heterocycles. The topological polar surface area (TPSA) is 66.8 Å². The molecule has 0 aliphatic carbocycles. The van der Waals surface area contributed by atoms with Gasteiger partial charge in [-0.1, -0.05) is 6.92 Å². The molecular weight excluding hydrogens is 210 g/mol. The molecule has 16 heavy (non-hydrogen) atoms. The maximum absolute atomic E-state index is 11.8. The third-order valence-electron chi connectivity index (χ3n) is 2.58. The summed E-state index contributed by atoms with van der Waals surface area (Å²) in [5, 5.41) is 9.05. The molecule has 0 saturated carbocycles. The van der Waals surface area contributed by atoms with Crippen molar-refractivity contribution >= 4 is 12.1 Å². The lowest BCUT2D eigenvalue weighted by Gasteiger charge is -2.27. The van der Waals surface area contributed by atoms with Gasteiger partial charge in [0.05, 0.1) is 0 Å². The number of carbonyl (C=O) groups is 2. The van der Waals surface area contributed by atoms with Crippen LogP contribution in [0.25, 0.3) is 0 Å². The fourth-order valence-electron chi connectivity index (χ4n) is 1.85. The highest BCUT2D eigenvalue weighted by Crippen LogP contribution is 2.25. The van der Waals surface area contributed by atoms with E-state index in [1.807, 2.05) is 6.92 Å². The van der Waals surface area contributed by atoms with E-state index in [-0.39, 0.29) is 5.92 Å². The summed E-state index contributed by atoms with van der Waals surface area (Å²) in [5.41, 5.74) is -0.591. The van der Waals surface area contributed by atoms with Crippen LogP contribution >= 0.6 is 0 Å². The molecule has 1 aliphatic rings. The minimum absolute atomic E-state index is 0.0231. The molecule has 92 valence electrons. The lowest BCUT2D eigenvalue weighted by molar-refractivity contribution is -0.143. The molecule has 5 nitrogen and oxygen atoms in total. The summed E-state index contributed by atoms with van der Waals surface area (Å²) >= 11 is 0. The standard InChI is InChI=1S/C11H19NO4/c1-7-5-6-12(8(7)9(13)14)10(15)16-11(2,3)4/h7-8H,5-6H2,1-4H3,(H,13,14)/t7-,8+/m1/s1. The van der Waals surface area contributed by atoms with Crippen molar-refractivity contribution < 1.29 is 19.4 Å². The number of rotatable bonds is 1. The first-order valence-corrected chi connectivity index (χ1v) is 5.45. The van der Waals surface area contributed by atoms with Crippen molar-refractivity contribution in [3.05, 3.63) is 0 Å². The number of carboxylic acid groups (broad SMARTS) is 1. The van der Waals surface area contributed by atoms with E-state index in [2.05, 4.69) is 0 Å². The van der Waals surface area contributed by atoms with Gasteiger partial charge in [-0.2, -0.15) is 0 Å². The number of hydrogen-bond donors (Lipinski definition) is 1. The second kappa shape index (κ2) is 4.31. The van der Waals surface area contributed by atoms with Crippen LogP contribution in [0.4, 0.5) is 4.79 Å². The van der Waals surface area contributed by atoms with Crippen molar-refractivity contribution in [3.63, 3.8) is 0 Å². The van der Waals surface area contributed by atoms with E-state index in [1.165, 1.54) is 4.90 Å². The van der Waals surface area contributed by atoms with Crippen LogP contribution < -0.4 is 0 Å². The first kappa shape index (κ1) is 12.8. The number of nitrogens with zero attached hydrogens (tertiary/aromatic N) is 1. The SMILES string of the molecule is C[C@@H]1CCN(C(=O)OC(C)(C)C)[C@@H]1C(=O)O. The largest absolute Gasteiger partial charge is 0.480 e. The Balaban J connectivity index is 2.73. The Kier molecular flexibility index (Phi) is 3.45. The van der Waals surface area contributed by atoms with Gasteiger partial charge < -0.3 is 9.84 Å². The highest BCUT2D eigenvalue weighted by atomic mass is 16.6. The molecule has 1 amide bonds. The summed E-state index contributed by atoms with van der Waals surface area (Å²) in [6.45, 7) is 7.58. The van der Waals surface area contributed by atoms with E-state index >= 15 is 0 Å². The quantitative estimate of drug-likeness (QED) is 0.743. The summed E-state index contributed by atoms with van der Waals surface area (Å²) in [4.78, 5) is 24.1. The third-order valence-corrected chi connectivity index (χ3v) is 2.58. The number of carboxylic acids is 1. The minimum Gasteiger partial charge on any atom is -0.480 e. The number of hydrogen-bond acceptors (Lipinski definition) is 3. The molecule has 2 atom stereocenters. The van der Waals surface area contributed by atoms with Crippen molar-refractivity contribution in [2.24, 2.45) is 5.92 Å². The van der Waals surface area contributed by atoms with Crippen LogP contribution in [0.15, 0.2) is 0 Å². The Hall–Kier alpha value is -1.26. The Labute approximate surface area is 95.4 Å². The number of amides is 1. The van der Waals surface area contributed by atoms with Crippen LogP contribution in [0.1, 0.15) is 34.1 Å². The van der Waals surface area contributed by atoms with Gasteiger partial charge >= 0.3 is 12.1 Å². The highest BCUT2D eigenvalue weighted by Gasteiger charge is 2.41. The molecule has 0 bridgehead atoms. The smallest absolute Gasteiger partial charge is 0.411 e. The average Bonchev–Trinajstić information content (AvgIpc) is 2.43. The summed E-state index contributed by atoms with van der Waals surface area (Å²) in [6.07, 6.45) is 0.167. The van der Waals surface area contributed by atoms with Gasteiger partial charge in [0, 0.05) is 6.54 Å².